The van der Waals surface area contributed by atoms with Crippen LogP contribution in [0.4, 0.5) is 0 Å². The molecule has 4 heteroatoms. The fourth-order valence-corrected chi connectivity index (χ4v) is 3.64. The van der Waals surface area contributed by atoms with E-state index in [2.05, 4.69) is 29.8 Å². The quantitative estimate of drug-likeness (QED) is 0.798. The van der Waals surface area contributed by atoms with Gasteiger partial charge in [-0.25, -0.2) is 0 Å². The van der Waals surface area contributed by atoms with E-state index in [4.69, 9.17) is 9.47 Å². The Balaban J connectivity index is 2.59. The molecule has 0 spiro atoms. The van der Waals surface area contributed by atoms with Crippen molar-refractivity contribution in [3.05, 3.63) is 21.7 Å². The van der Waals surface area contributed by atoms with Gasteiger partial charge in [-0.2, -0.15) is 0 Å². The summed E-state index contributed by atoms with van der Waals surface area (Å²) in [7, 11) is 0. The molecule has 1 N–H and O–H groups in total. The molecule has 1 unspecified atom stereocenters. The summed E-state index contributed by atoms with van der Waals surface area (Å²) in [6.07, 6.45) is 2.21. The smallest absolute Gasteiger partial charge is 0.167 e. The van der Waals surface area contributed by atoms with Crippen LogP contribution in [-0.4, -0.2) is 18.3 Å². The molecule has 0 aliphatic heterocycles. The van der Waals surface area contributed by atoms with Crippen molar-refractivity contribution in [1.82, 2.24) is 0 Å². The second-order valence-electron chi connectivity index (χ2n) is 6.33. The van der Waals surface area contributed by atoms with Gasteiger partial charge in [0.05, 0.1) is 19.3 Å². The van der Waals surface area contributed by atoms with Crippen molar-refractivity contribution in [2.45, 2.75) is 53.1 Å². The second-order valence-corrected chi connectivity index (χ2v) is 7.18. The molecule has 1 aliphatic carbocycles. The highest BCUT2D eigenvalue weighted by Gasteiger charge is 2.33. The van der Waals surface area contributed by atoms with Gasteiger partial charge in [-0.05, 0) is 50.2 Å². The van der Waals surface area contributed by atoms with Gasteiger partial charge in [-0.3, -0.25) is 0 Å². The Morgan fingerprint density at radius 1 is 1.29 bits per heavy atom. The highest BCUT2D eigenvalue weighted by Crippen LogP contribution is 2.48. The lowest BCUT2D eigenvalue weighted by Gasteiger charge is -2.25. The Morgan fingerprint density at radius 2 is 1.95 bits per heavy atom. The fraction of sp³-hybridized carbons (Fsp3) is 0.647. The van der Waals surface area contributed by atoms with E-state index < -0.39 is 6.10 Å². The average molecular weight is 357 g/mol. The van der Waals surface area contributed by atoms with Gasteiger partial charge in [0, 0.05) is 10.0 Å². The largest absolute Gasteiger partial charge is 0.490 e. The number of fused-ring (bicyclic) bond motifs is 1. The first-order valence-electron chi connectivity index (χ1n) is 7.68. The summed E-state index contributed by atoms with van der Waals surface area (Å²) in [4.78, 5) is 0. The normalized spacial score (nSPS) is 20.6. The first-order chi connectivity index (χ1) is 9.89. The van der Waals surface area contributed by atoms with E-state index in [1.807, 2.05) is 19.9 Å². The van der Waals surface area contributed by atoms with E-state index in [-0.39, 0.29) is 5.41 Å². The summed E-state index contributed by atoms with van der Waals surface area (Å²) in [6.45, 7) is 9.46. The van der Waals surface area contributed by atoms with E-state index >= 15 is 0 Å². The van der Waals surface area contributed by atoms with Gasteiger partial charge in [0.2, 0.25) is 0 Å². The fourth-order valence-electron chi connectivity index (χ4n) is 3.02. The van der Waals surface area contributed by atoms with Crippen LogP contribution in [0.3, 0.4) is 0 Å². The summed E-state index contributed by atoms with van der Waals surface area (Å²) in [5.74, 6) is 1.42. The number of halogens is 1. The Morgan fingerprint density at radius 3 is 2.57 bits per heavy atom. The van der Waals surface area contributed by atoms with Crippen LogP contribution in [0.25, 0.3) is 0 Å². The van der Waals surface area contributed by atoms with Crippen LogP contribution in [0.1, 0.15) is 57.8 Å². The zero-order valence-electron chi connectivity index (χ0n) is 13.3. The van der Waals surface area contributed by atoms with Crippen LogP contribution in [-0.2, 0) is 6.42 Å². The molecular weight excluding hydrogens is 332 g/mol. The highest BCUT2D eigenvalue weighted by molar-refractivity contribution is 9.10. The Hall–Kier alpha value is -0.740. The molecular formula is C17H25BrO3. The van der Waals surface area contributed by atoms with Gasteiger partial charge in [-0.1, -0.05) is 29.8 Å². The Labute approximate surface area is 135 Å². The third kappa shape index (κ3) is 3.54. The van der Waals surface area contributed by atoms with Crippen LogP contribution in [0.5, 0.6) is 11.5 Å². The van der Waals surface area contributed by atoms with Gasteiger partial charge >= 0.3 is 0 Å². The third-order valence-corrected chi connectivity index (χ3v) is 4.77. The molecule has 0 heterocycles. The lowest BCUT2D eigenvalue weighted by atomic mass is 9.84. The lowest BCUT2D eigenvalue weighted by molar-refractivity contribution is 0.113. The zero-order chi connectivity index (χ0) is 15.6. The maximum Gasteiger partial charge on any atom is 0.167 e. The second kappa shape index (κ2) is 6.57. The van der Waals surface area contributed by atoms with Crippen LogP contribution in [0, 0.1) is 5.41 Å². The monoisotopic (exact) mass is 356 g/mol. The highest BCUT2D eigenvalue weighted by atomic mass is 79.9. The molecule has 2 rings (SSSR count). The van der Waals surface area contributed by atoms with Crippen molar-refractivity contribution in [1.29, 1.82) is 0 Å². The minimum Gasteiger partial charge on any atom is -0.490 e. The van der Waals surface area contributed by atoms with E-state index in [0.717, 1.165) is 34.9 Å². The minimum absolute atomic E-state index is 0.118. The number of rotatable bonds is 4. The van der Waals surface area contributed by atoms with Gasteiger partial charge in [-0.15, -0.1) is 0 Å². The molecule has 0 radical (unpaired) electrons. The average Bonchev–Trinajstić information content (AvgIpc) is 2.51. The minimum atomic E-state index is -0.518. The molecule has 0 aromatic heterocycles. The zero-order valence-corrected chi connectivity index (χ0v) is 14.9. The maximum atomic E-state index is 10.7. The number of aliphatic hydroxyl groups is 1. The van der Waals surface area contributed by atoms with Crippen molar-refractivity contribution in [3.63, 3.8) is 0 Å². The molecule has 0 saturated heterocycles. The first kappa shape index (κ1) is 16.6. The molecule has 0 fully saturated rings. The number of benzene rings is 1. The molecule has 1 aromatic rings. The van der Waals surface area contributed by atoms with E-state index in [0.29, 0.717) is 24.7 Å². The van der Waals surface area contributed by atoms with Crippen molar-refractivity contribution in [3.8, 4) is 11.5 Å². The molecule has 1 aliphatic rings. The lowest BCUT2D eigenvalue weighted by Crippen LogP contribution is -2.14. The molecule has 1 aromatic carbocycles. The maximum absolute atomic E-state index is 10.7. The van der Waals surface area contributed by atoms with E-state index in [1.165, 1.54) is 0 Å². The van der Waals surface area contributed by atoms with Crippen LogP contribution in [0.2, 0.25) is 0 Å². The van der Waals surface area contributed by atoms with Crippen LogP contribution < -0.4 is 9.47 Å². The van der Waals surface area contributed by atoms with Crippen molar-refractivity contribution >= 4 is 15.9 Å². The van der Waals surface area contributed by atoms with E-state index in [1.54, 1.807) is 0 Å². The topological polar surface area (TPSA) is 38.7 Å². The van der Waals surface area contributed by atoms with Crippen LogP contribution in [0.15, 0.2) is 10.5 Å². The Bertz CT molecular complexity index is 511. The summed E-state index contributed by atoms with van der Waals surface area (Å²) < 4.78 is 12.5. The SMILES string of the molecule is CCOc1cc(Br)c2c(c1OCC)C(O)CC(C)(C)CC2. The Kier molecular flexibility index (Phi) is 5.20. The molecule has 1 atom stereocenters. The van der Waals surface area contributed by atoms with Gasteiger partial charge in [0.1, 0.15) is 0 Å². The summed E-state index contributed by atoms with van der Waals surface area (Å²) in [5, 5.41) is 10.7. The van der Waals surface area contributed by atoms with Gasteiger partial charge in [0.25, 0.3) is 0 Å². The molecule has 0 amide bonds. The molecule has 118 valence electrons. The number of hydrogen-bond acceptors (Lipinski definition) is 3. The van der Waals surface area contributed by atoms with E-state index in [9.17, 15) is 5.11 Å². The summed E-state index contributed by atoms with van der Waals surface area (Å²) >= 11 is 3.64. The van der Waals surface area contributed by atoms with Crippen molar-refractivity contribution < 1.29 is 14.6 Å². The number of aliphatic hydroxyl groups excluding tert-OH is 1. The summed E-state index contributed by atoms with van der Waals surface area (Å²) in [6, 6.07) is 1.97. The number of hydrogen-bond donors (Lipinski definition) is 1. The van der Waals surface area contributed by atoms with Crippen LogP contribution >= 0.6 is 15.9 Å². The molecule has 0 bridgehead atoms. The van der Waals surface area contributed by atoms with Gasteiger partial charge < -0.3 is 14.6 Å². The predicted octanol–water partition coefficient (Wildman–Crippen LogP) is 4.64. The standard InChI is InChI=1S/C17H25BrO3/c1-5-20-14-9-12(18)11-7-8-17(3,4)10-13(19)15(11)16(14)21-6-2/h9,13,19H,5-8,10H2,1-4H3. The van der Waals surface area contributed by atoms with Gasteiger partial charge in [0.15, 0.2) is 11.5 Å². The van der Waals surface area contributed by atoms with Crippen molar-refractivity contribution in [2.24, 2.45) is 5.41 Å². The molecule has 0 saturated carbocycles. The number of ether oxygens (including phenoxy) is 2. The predicted molar refractivity (Wildman–Crippen MR) is 88.2 cm³/mol. The molecule has 21 heavy (non-hydrogen) atoms. The first-order valence-corrected chi connectivity index (χ1v) is 8.47. The molecule has 3 nitrogen and oxygen atoms in total. The summed E-state index contributed by atoms with van der Waals surface area (Å²) in [5.41, 5.74) is 2.17. The third-order valence-electron chi connectivity index (χ3n) is 4.06. The van der Waals surface area contributed by atoms with Crippen molar-refractivity contribution in [2.75, 3.05) is 13.2 Å².